The van der Waals surface area contributed by atoms with E-state index in [9.17, 15) is 4.79 Å². The molecule has 1 aromatic carbocycles. The number of esters is 1. The third-order valence-electron chi connectivity index (χ3n) is 4.69. The largest absolute Gasteiger partial charge is 0.459 e. The smallest absolute Gasteiger partial charge is 0.320 e. The van der Waals surface area contributed by atoms with E-state index in [0.717, 1.165) is 0 Å². The van der Waals surface area contributed by atoms with Gasteiger partial charge < -0.3 is 15.4 Å². The molecular formula is C22H32N2O2. The predicted octanol–water partition coefficient (Wildman–Crippen LogP) is 3.37. The molecule has 1 aliphatic rings. The Labute approximate surface area is 158 Å². The van der Waals surface area contributed by atoms with Gasteiger partial charge in [-0.2, -0.15) is 0 Å². The van der Waals surface area contributed by atoms with Crippen molar-refractivity contribution in [3.63, 3.8) is 0 Å². The van der Waals surface area contributed by atoms with Crippen LogP contribution in [0.5, 0.6) is 0 Å². The van der Waals surface area contributed by atoms with Crippen molar-refractivity contribution < 1.29 is 9.53 Å². The number of rotatable bonds is 7. The van der Waals surface area contributed by atoms with Crippen molar-refractivity contribution in [1.29, 1.82) is 0 Å². The molecule has 2 N–H and O–H groups in total. The summed E-state index contributed by atoms with van der Waals surface area (Å²) in [4.78, 5) is 11.7. The van der Waals surface area contributed by atoms with Crippen LogP contribution in [0.1, 0.15) is 63.5 Å². The van der Waals surface area contributed by atoms with E-state index in [1.165, 1.54) is 36.8 Å². The average Bonchev–Trinajstić information content (AvgIpc) is 2.59. The van der Waals surface area contributed by atoms with E-state index in [4.69, 9.17) is 11.2 Å². The van der Waals surface area contributed by atoms with Gasteiger partial charge in [-0.05, 0) is 63.5 Å². The standard InChI is InChI=1S/C22H32N2O2/c1-5-14-24-20-12-10-19(11-13-20)18-8-6-17(7-9-18)15-23-16-21(25)26-22(2,3)4/h1,6-9,19-20,23-24H,10-16H2,2-4H3/t19-,20-. The number of ether oxygens (including phenoxy) is 1. The molecule has 2 rings (SSSR count). The summed E-state index contributed by atoms with van der Waals surface area (Å²) >= 11 is 0. The molecule has 0 amide bonds. The topological polar surface area (TPSA) is 50.4 Å². The first-order chi connectivity index (χ1) is 12.4. The molecule has 0 aromatic heterocycles. The molecule has 0 unspecified atom stereocenters. The molecule has 0 saturated heterocycles. The first kappa shape index (κ1) is 20.5. The van der Waals surface area contributed by atoms with Crippen molar-refractivity contribution in [2.75, 3.05) is 13.1 Å². The highest BCUT2D eigenvalue weighted by atomic mass is 16.6. The number of benzene rings is 1. The summed E-state index contributed by atoms with van der Waals surface area (Å²) in [5.41, 5.74) is 2.16. The highest BCUT2D eigenvalue weighted by Gasteiger charge is 2.21. The van der Waals surface area contributed by atoms with Crippen LogP contribution in [-0.2, 0) is 16.1 Å². The summed E-state index contributed by atoms with van der Waals surface area (Å²) in [6.07, 6.45) is 10.1. The van der Waals surface area contributed by atoms with Crippen molar-refractivity contribution in [1.82, 2.24) is 10.6 Å². The molecule has 26 heavy (non-hydrogen) atoms. The summed E-state index contributed by atoms with van der Waals surface area (Å²) < 4.78 is 5.29. The van der Waals surface area contributed by atoms with Gasteiger partial charge in [0.2, 0.25) is 0 Å². The van der Waals surface area contributed by atoms with Crippen molar-refractivity contribution in [2.24, 2.45) is 0 Å². The summed E-state index contributed by atoms with van der Waals surface area (Å²) in [5, 5.41) is 6.57. The number of terminal acetylenes is 1. The Bertz CT molecular complexity index is 603. The Balaban J connectivity index is 1.73. The second-order valence-corrected chi connectivity index (χ2v) is 8.07. The molecular weight excluding hydrogens is 324 g/mol. The van der Waals surface area contributed by atoms with Crippen LogP contribution in [0.4, 0.5) is 0 Å². The zero-order valence-electron chi connectivity index (χ0n) is 16.3. The first-order valence-corrected chi connectivity index (χ1v) is 9.55. The third-order valence-corrected chi connectivity index (χ3v) is 4.69. The quantitative estimate of drug-likeness (QED) is 0.581. The Kier molecular flexibility index (Phi) is 7.68. The van der Waals surface area contributed by atoms with Crippen LogP contribution in [0.25, 0.3) is 0 Å². The normalized spacial score (nSPS) is 20.4. The maximum Gasteiger partial charge on any atom is 0.320 e. The Hall–Kier alpha value is -1.83. The van der Waals surface area contributed by atoms with Gasteiger partial charge in [-0.15, -0.1) is 6.42 Å². The average molecular weight is 357 g/mol. The molecule has 0 spiro atoms. The number of nitrogens with one attached hydrogen (secondary N) is 2. The number of carbonyl (C=O) groups is 1. The molecule has 0 bridgehead atoms. The second-order valence-electron chi connectivity index (χ2n) is 8.07. The van der Waals surface area contributed by atoms with Gasteiger partial charge >= 0.3 is 5.97 Å². The fourth-order valence-corrected chi connectivity index (χ4v) is 3.43. The number of hydrogen-bond donors (Lipinski definition) is 2. The van der Waals surface area contributed by atoms with E-state index >= 15 is 0 Å². The molecule has 0 heterocycles. The molecule has 1 aromatic rings. The zero-order valence-corrected chi connectivity index (χ0v) is 16.3. The van der Waals surface area contributed by atoms with Crippen LogP contribution in [0, 0.1) is 12.3 Å². The lowest BCUT2D eigenvalue weighted by Gasteiger charge is -2.29. The van der Waals surface area contributed by atoms with Gasteiger partial charge in [-0.3, -0.25) is 4.79 Å². The lowest BCUT2D eigenvalue weighted by molar-refractivity contribution is -0.153. The molecule has 1 saturated carbocycles. The van der Waals surface area contributed by atoms with Crippen LogP contribution in [0.15, 0.2) is 24.3 Å². The summed E-state index contributed by atoms with van der Waals surface area (Å²) in [5.74, 6) is 3.08. The van der Waals surface area contributed by atoms with E-state index in [2.05, 4.69) is 40.8 Å². The molecule has 4 nitrogen and oxygen atoms in total. The fraction of sp³-hybridized carbons (Fsp3) is 0.591. The molecule has 1 aliphatic carbocycles. The Morgan fingerprint density at radius 1 is 1.19 bits per heavy atom. The summed E-state index contributed by atoms with van der Waals surface area (Å²) in [7, 11) is 0. The van der Waals surface area contributed by atoms with Crippen molar-refractivity contribution in [3.05, 3.63) is 35.4 Å². The fourth-order valence-electron chi connectivity index (χ4n) is 3.43. The van der Waals surface area contributed by atoms with Crippen molar-refractivity contribution >= 4 is 5.97 Å². The minimum absolute atomic E-state index is 0.218. The monoisotopic (exact) mass is 356 g/mol. The zero-order chi connectivity index (χ0) is 19.0. The Morgan fingerprint density at radius 3 is 2.42 bits per heavy atom. The minimum Gasteiger partial charge on any atom is -0.459 e. The molecule has 4 heteroatoms. The predicted molar refractivity (Wildman–Crippen MR) is 106 cm³/mol. The maximum absolute atomic E-state index is 11.7. The van der Waals surface area contributed by atoms with E-state index in [1.807, 2.05) is 20.8 Å². The van der Waals surface area contributed by atoms with E-state index in [-0.39, 0.29) is 12.5 Å². The highest BCUT2D eigenvalue weighted by molar-refractivity contribution is 5.72. The van der Waals surface area contributed by atoms with Gasteiger partial charge in [0, 0.05) is 12.6 Å². The molecule has 142 valence electrons. The van der Waals surface area contributed by atoms with Crippen LogP contribution in [0.2, 0.25) is 0 Å². The second kappa shape index (κ2) is 9.75. The van der Waals surface area contributed by atoms with Gasteiger partial charge in [-0.1, -0.05) is 30.2 Å². The van der Waals surface area contributed by atoms with Gasteiger partial charge in [0.15, 0.2) is 0 Å². The van der Waals surface area contributed by atoms with E-state index in [0.29, 0.717) is 25.0 Å². The minimum atomic E-state index is -0.435. The van der Waals surface area contributed by atoms with Crippen LogP contribution < -0.4 is 10.6 Å². The van der Waals surface area contributed by atoms with Crippen LogP contribution in [0.3, 0.4) is 0 Å². The lowest BCUT2D eigenvalue weighted by Crippen LogP contribution is -2.32. The van der Waals surface area contributed by atoms with Gasteiger partial charge in [-0.25, -0.2) is 0 Å². The Morgan fingerprint density at radius 2 is 1.85 bits per heavy atom. The van der Waals surface area contributed by atoms with Crippen molar-refractivity contribution in [2.45, 2.75) is 70.6 Å². The van der Waals surface area contributed by atoms with E-state index in [1.54, 1.807) is 0 Å². The van der Waals surface area contributed by atoms with Gasteiger partial charge in [0.1, 0.15) is 5.60 Å². The van der Waals surface area contributed by atoms with Crippen LogP contribution in [-0.4, -0.2) is 30.7 Å². The van der Waals surface area contributed by atoms with E-state index < -0.39 is 5.60 Å². The van der Waals surface area contributed by atoms with Gasteiger partial charge in [0.05, 0.1) is 13.1 Å². The first-order valence-electron chi connectivity index (χ1n) is 9.55. The molecule has 0 radical (unpaired) electrons. The van der Waals surface area contributed by atoms with Gasteiger partial charge in [0.25, 0.3) is 0 Å². The number of hydrogen-bond acceptors (Lipinski definition) is 4. The lowest BCUT2D eigenvalue weighted by atomic mass is 9.81. The molecule has 1 fully saturated rings. The highest BCUT2D eigenvalue weighted by Crippen LogP contribution is 2.32. The third kappa shape index (κ3) is 7.19. The maximum atomic E-state index is 11.7. The van der Waals surface area contributed by atoms with Crippen LogP contribution >= 0.6 is 0 Å². The molecule has 0 atom stereocenters. The summed E-state index contributed by atoms with van der Waals surface area (Å²) in [6, 6.07) is 9.33. The summed E-state index contributed by atoms with van der Waals surface area (Å²) in [6.45, 7) is 7.20. The number of carbonyl (C=O) groups excluding carboxylic acids is 1. The van der Waals surface area contributed by atoms with Crippen molar-refractivity contribution in [3.8, 4) is 12.3 Å². The SMILES string of the molecule is C#CCN[C@H]1CC[C@H](c2ccc(CNCC(=O)OC(C)(C)C)cc2)CC1. The molecule has 0 aliphatic heterocycles.